The van der Waals surface area contributed by atoms with Gasteiger partial charge in [0.1, 0.15) is 23.6 Å². The molecule has 1 aromatic carbocycles. The first-order valence-electron chi connectivity index (χ1n) is 12.8. The second-order valence-electron chi connectivity index (χ2n) is 10.0. The number of carbonyl (C=O) groups is 2. The van der Waals surface area contributed by atoms with Crippen molar-refractivity contribution >= 4 is 29.4 Å². The third-order valence-electron chi connectivity index (χ3n) is 7.20. The van der Waals surface area contributed by atoms with E-state index in [1.807, 2.05) is 56.3 Å². The van der Waals surface area contributed by atoms with Crippen molar-refractivity contribution in [3.05, 3.63) is 76.7 Å². The average Bonchev–Trinajstić information content (AvgIpc) is 3.80. The van der Waals surface area contributed by atoms with Gasteiger partial charge < -0.3 is 15.4 Å². The number of rotatable bonds is 9. The number of halogens is 1. The molecule has 0 radical (unpaired) electrons. The van der Waals surface area contributed by atoms with Crippen LogP contribution < -0.4 is 10.6 Å². The van der Waals surface area contributed by atoms with Crippen LogP contribution in [0.15, 0.2) is 54.7 Å². The van der Waals surface area contributed by atoms with E-state index in [0.717, 1.165) is 53.6 Å². The van der Waals surface area contributed by atoms with Crippen LogP contribution in [0.2, 0.25) is 5.15 Å². The molecule has 2 aliphatic carbocycles. The lowest BCUT2D eigenvalue weighted by molar-refractivity contribution is -0.119. The molecule has 37 heavy (non-hydrogen) atoms. The number of nitrogens with one attached hydrogen (secondary N) is 2. The van der Waals surface area contributed by atoms with Gasteiger partial charge in [-0.05, 0) is 86.6 Å². The molecular weight excluding hydrogens is 488 g/mol. The van der Waals surface area contributed by atoms with Crippen LogP contribution in [0.3, 0.4) is 0 Å². The lowest BCUT2D eigenvalue weighted by atomic mass is 9.89. The number of anilines is 1. The number of ether oxygens (including phenoxy) is 1. The quantitative estimate of drug-likeness (QED) is 0.335. The normalized spacial score (nSPS) is 15.8. The Morgan fingerprint density at radius 1 is 1.03 bits per heavy atom. The van der Waals surface area contributed by atoms with Crippen molar-refractivity contribution in [2.45, 2.75) is 52.2 Å². The fourth-order valence-corrected chi connectivity index (χ4v) is 5.36. The van der Waals surface area contributed by atoms with Crippen molar-refractivity contribution in [2.75, 3.05) is 5.32 Å². The van der Waals surface area contributed by atoms with Gasteiger partial charge in [-0.2, -0.15) is 0 Å². The van der Waals surface area contributed by atoms with Crippen LogP contribution in [0.1, 0.15) is 42.5 Å². The van der Waals surface area contributed by atoms with Crippen molar-refractivity contribution in [3.8, 4) is 11.1 Å². The lowest BCUT2D eigenvalue weighted by Gasteiger charge is -2.27. The fourth-order valence-electron chi connectivity index (χ4n) is 5.12. The molecule has 0 aliphatic heterocycles. The third-order valence-corrected chi connectivity index (χ3v) is 7.49. The zero-order valence-electron chi connectivity index (χ0n) is 21.0. The summed E-state index contributed by atoms with van der Waals surface area (Å²) in [5, 5.41) is 6.05. The van der Waals surface area contributed by atoms with E-state index in [1.54, 1.807) is 12.3 Å². The maximum absolute atomic E-state index is 13.5. The van der Waals surface area contributed by atoms with Crippen LogP contribution in [-0.2, 0) is 16.1 Å². The maximum Gasteiger partial charge on any atom is 0.408 e. The molecule has 2 amide bonds. The maximum atomic E-state index is 13.5. The average molecular weight is 519 g/mol. The van der Waals surface area contributed by atoms with Gasteiger partial charge >= 0.3 is 6.09 Å². The number of alkyl carbamates (subject to hydrolysis) is 1. The summed E-state index contributed by atoms with van der Waals surface area (Å²) in [5.74, 6) is 0.999. The number of benzene rings is 1. The molecule has 1 atom stereocenters. The van der Waals surface area contributed by atoms with Crippen molar-refractivity contribution < 1.29 is 14.3 Å². The molecule has 5 rings (SSSR count). The van der Waals surface area contributed by atoms with E-state index in [4.69, 9.17) is 16.3 Å². The number of pyridine rings is 2. The highest BCUT2D eigenvalue weighted by atomic mass is 35.5. The van der Waals surface area contributed by atoms with E-state index >= 15 is 0 Å². The lowest BCUT2D eigenvalue weighted by Crippen LogP contribution is -2.50. The molecule has 2 saturated carbocycles. The van der Waals surface area contributed by atoms with Gasteiger partial charge in [0.15, 0.2) is 0 Å². The molecule has 0 saturated heterocycles. The molecule has 2 heterocycles. The highest BCUT2D eigenvalue weighted by Gasteiger charge is 2.48. The number of hydrogen-bond acceptors (Lipinski definition) is 5. The van der Waals surface area contributed by atoms with Gasteiger partial charge in [-0.3, -0.25) is 9.78 Å². The number of amides is 2. The highest BCUT2D eigenvalue weighted by Crippen LogP contribution is 2.51. The molecule has 192 valence electrons. The minimum Gasteiger partial charge on any atom is -0.445 e. The van der Waals surface area contributed by atoms with Gasteiger partial charge in [-0.15, -0.1) is 0 Å². The van der Waals surface area contributed by atoms with Crippen molar-refractivity contribution in [2.24, 2.45) is 17.8 Å². The Morgan fingerprint density at radius 3 is 2.35 bits per heavy atom. The second-order valence-corrected chi connectivity index (χ2v) is 10.4. The summed E-state index contributed by atoms with van der Waals surface area (Å²) >= 11 is 6.56. The Hall–Kier alpha value is -3.45. The van der Waals surface area contributed by atoms with Crippen LogP contribution >= 0.6 is 11.6 Å². The first-order valence-corrected chi connectivity index (χ1v) is 13.2. The van der Waals surface area contributed by atoms with E-state index in [-0.39, 0.29) is 23.6 Å². The monoisotopic (exact) mass is 518 g/mol. The van der Waals surface area contributed by atoms with Gasteiger partial charge in [-0.25, -0.2) is 9.78 Å². The summed E-state index contributed by atoms with van der Waals surface area (Å²) in [6.07, 6.45) is 5.47. The molecule has 0 unspecified atom stereocenters. The van der Waals surface area contributed by atoms with Crippen LogP contribution in [0, 0.1) is 31.6 Å². The summed E-state index contributed by atoms with van der Waals surface area (Å²) in [5.41, 5.74) is 4.48. The predicted molar refractivity (Wildman–Crippen MR) is 143 cm³/mol. The standard InChI is InChI=1S/C29H31ClN4O3/c1-17-14-15-31-18(2)24(17)22-12-13-23(32-27(22)30)33-28(35)26(25(20-8-9-20)21-10-11-21)34-29(36)37-16-19-6-4-3-5-7-19/h3-7,12-15,20-21,25-26H,8-11,16H2,1-2H3,(H,34,36)(H,32,33,35)/t26-/m0/s1. The molecule has 2 fully saturated rings. The SMILES string of the molecule is Cc1ccnc(C)c1-c1ccc(NC(=O)[C@@H](NC(=O)OCc2ccccc2)C(C2CC2)C2CC2)nc1Cl. The molecule has 8 heteroatoms. The number of nitrogens with zero attached hydrogens (tertiary/aromatic N) is 2. The van der Waals surface area contributed by atoms with Crippen LogP contribution in [-0.4, -0.2) is 28.0 Å². The topological polar surface area (TPSA) is 93.2 Å². The van der Waals surface area contributed by atoms with Crippen molar-refractivity contribution in [3.63, 3.8) is 0 Å². The molecule has 7 nitrogen and oxygen atoms in total. The van der Waals surface area contributed by atoms with Gasteiger partial charge in [0.2, 0.25) is 5.91 Å². The van der Waals surface area contributed by atoms with Crippen molar-refractivity contribution in [1.29, 1.82) is 0 Å². The highest BCUT2D eigenvalue weighted by molar-refractivity contribution is 6.32. The Morgan fingerprint density at radius 2 is 1.73 bits per heavy atom. The van der Waals surface area contributed by atoms with E-state index in [1.165, 1.54) is 0 Å². The van der Waals surface area contributed by atoms with Crippen LogP contribution in [0.5, 0.6) is 0 Å². The number of carbonyl (C=O) groups excluding carboxylic acids is 2. The molecule has 0 bridgehead atoms. The van der Waals surface area contributed by atoms with Gasteiger partial charge in [0, 0.05) is 23.0 Å². The van der Waals surface area contributed by atoms with Gasteiger partial charge in [-0.1, -0.05) is 41.9 Å². The number of aryl methyl sites for hydroxylation is 2. The smallest absolute Gasteiger partial charge is 0.408 e. The molecule has 2 N–H and O–H groups in total. The zero-order chi connectivity index (χ0) is 25.9. The summed E-state index contributed by atoms with van der Waals surface area (Å²) < 4.78 is 5.44. The predicted octanol–water partition coefficient (Wildman–Crippen LogP) is 6.08. The molecule has 0 spiro atoms. The first kappa shape index (κ1) is 25.2. The van der Waals surface area contributed by atoms with Crippen LogP contribution in [0.4, 0.5) is 10.6 Å². The van der Waals surface area contributed by atoms with E-state index < -0.39 is 12.1 Å². The van der Waals surface area contributed by atoms with Gasteiger partial charge in [0.05, 0.1) is 0 Å². The number of hydrogen-bond donors (Lipinski definition) is 2. The molecular formula is C29H31ClN4O3. The molecule has 3 aromatic rings. The largest absolute Gasteiger partial charge is 0.445 e. The Kier molecular flexibility index (Phi) is 7.42. The van der Waals surface area contributed by atoms with Crippen molar-refractivity contribution in [1.82, 2.24) is 15.3 Å². The van der Waals surface area contributed by atoms with E-state index in [0.29, 0.717) is 17.7 Å². The molecule has 2 aliphatic rings. The molecule has 2 aromatic heterocycles. The summed E-state index contributed by atoms with van der Waals surface area (Å²) in [6, 6.07) is 14.3. The number of aromatic nitrogens is 2. The fraction of sp³-hybridized carbons (Fsp3) is 0.379. The van der Waals surface area contributed by atoms with E-state index in [2.05, 4.69) is 20.6 Å². The van der Waals surface area contributed by atoms with Crippen LogP contribution in [0.25, 0.3) is 11.1 Å². The second kappa shape index (κ2) is 10.9. The summed E-state index contributed by atoms with van der Waals surface area (Å²) in [6.45, 7) is 4.07. The summed E-state index contributed by atoms with van der Waals surface area (Å²) in [7, 11) is 0. The van der Waals surface area contributed by atoms with Gasteiger partial charge in [0.25, 0.3) is 0 Å². The third kappa shape index (κ3) is 6.10. The minimum atomic E-state index is -0.702. The Balaban J connectivity index is 1.32. The summed E-state index contributed by atoms with van der Waals surface area (Å²) in [4.78, 5) is 35.1. The minimum absolute atomic E-state index is 0.0831. The Bertz CT molecular complexity index is 1260. The van der Waals surface area contributed by atoms with E-state index in [9.17, 15) is 9.59 Å². The zero-order valence-corrected chi connectivity index (χ0v) is 21.8. The Labute approximate surface area is 222 Å². The first-order chi connectivity index (χ1) is 17.9.